The van der Waals surface area contributed by atoms with Crippen molar-refractivity contribution in [2.45, 2.75) is 26.4 Å². The van der Waals surface area contributed by atoms with Crippen molar-refractivity contribution < 1.29 is 23.8 Å². The van der Waals surface area contributed by atoms with E-state index in [1.165, 1.54) is 6.08 Å². The number of amides is 2. The van der Waals surface area contributed by atoms with Crippen molar-refractivity contribution in [1.29, 1.82) is 0 Å². The zero-order valence-electron chi connectivity index (χ0n) is 18.7. The molecule has 7 nitrogen and oxygen atoms in total. The molecule has 2 amide bonds. The summed E-state index contributed by atoms with van der Waals surface area (Å²) in [7, 11) is 4.75. The van der Waals surface area contributed by atoms with E-state index in [-0.39, 0.29) is 11.8 Å². The Morgan fingerprint density at radius 1 is 1.00 bits per heavy atom. The Balaban J connectivity index is 1.97. The second-order valence-electron chi connectivity index (χ2n) is 6.88. The summed E-state index contributed by atoms with van der Waals surface area (Å²) in [5, 5.41) is 2.73. The summed E-state index contributed by atoms with van der Waals surface area (Å²) in [6.45, 7) is 4.49. The van der Waals surface area contributed by atoms with Crippen LogP contribution in [0.15, 0.2) is 48.5 Å². The second-order valence-corrected chi connectivity index (χ2v) is 6.88. The van der Waals surface area contributed by atoms with Crippen LogP contribution in [-0.2, 0) is 16.1 Å². The zero-order valence-corrected chi connectivity index (χ0v) is 18.7. The molecular formula is C24H30N2O5. The highest BCUT2D eigenvalue weighted by Gasteiger charge is 2.21. The largest absolute Gasteiger partial charge is 0.497 e. The summed E-state index contributed by atoms with van der Waals surface area (Å²) in [6.07, 6.45) is 3.10. The van der Waals surface area contributed by atoms with Crippen molar-refractivity contribution in [3.8, 4) is 17.2 Å². The number of carbonyl (C=O) groups excluding carboxylic acids is 2. The molecule has 1 N–H and O–H groups in total. The third-order valence-corrected chi connectivity index (χ3v) is 4.79. The van der Waals surface area contributed by atoms with Crippen molar-refractivity contribution in [3.63, 3.8) is 0 Å². The SMILES string of the molecule is CCN(Cc1ccc(OC)c(OC)c1)C(=O)C(C)NC(=O)/C=C/c1ccc(OC)cc1. The minimum Gasteiger partial charge on any atom is -0.497 e. The summed E-state index contributed by atoms with van der Waals surface area (Å²) >= 11 is 0. The molecule has 0 aliphatic rings. The molecule has 2 aromatic rings. The maximum absolute atomic E-state index is 12.9. The van der Waals surface area contributed by atoms with Crippen LogP contribution in [0.1, 0.15) is 25.0 Å². The average Bonchev–Trinajstić information content (AvgIpc) is 2.80. The molecule has 7 heteroatoms. The summed E-state index contributed by atoms with van der Waals surface area (Å²) in [5.41, 5.74) is 1.77. The molecular weight excluding hydrogens is 396 g/mol. The van der Waals surface area contributed by atoms with Crippen LogP contribution in [0.5, 0.6) is 17.2 Å². The van der Waals surface area contributed by atoms with Crippen LogP contribution in [0.2, 0.25) is 0 Å². The molecule has 2 aromatic carbocycles. The fourth-order valence-electron chi connectivity index (χ4n) is 3.03. The topological polar surface area (TPSA) is 77.1 Å². The number of hydrogen-bond donors (Lipinski definition) is 1. The number of ether oxygens (including phenoxy) is 3. The lowest BCUT2D eigenvalue weighted by Crippen LogP contribution is -2.46. The third kappa shape index (κ3) is 6.77. The minimum atomic E-state index is -0.659. The van der Waals surface area contributed by atoms with Gasteiger partial charge in [0, 0.05) is 19.2 Å². The molecule has 0 radical (unpaired) electrons. The van der Waals surface area contributed by atoms with E-state index in [1.807, 2.05) is 49.4 Å². The van der Waals surface area contributed by atoms with Crippen LogP contribution in [0.3, 0.4) is 0 Å². The summed E-state index contributed by atoms with van der Waals surface area (Å²) < 4.78 is 15.7. The number of nitrogens with zero attached hydrogens (tertiary/aromatic N) is 1. The van der Waals surface area contributed by atoms with Gasteiger partial charge in [0.2, 0.25) is 11.8 Å². The van der Waals surface area contributed by atoms with Gasteiger partial charge in [0.05, 0.1) is 21.3 Å². The van der Waals surface area contributed by atoms with E-state index in [2.05, 4.69) is 5.32 Å². The molecule has 0 aromatic heterocycles. The van der Waals surface area contributed by atoms with Gasteiger partial charge in [-0.1, -0.05) is 18.2 Å². The van der Waals surface area contributed by atoms with Crippen molar-refractivity contribution in [2.24, 2.45) is 0 Å². The fraction of sp³-hybridized carbons (Fsp3) is 0.333. The third-order valence-electron chi connectivity index (χ3n) is 4.79. The van der Waals surface area contributed by atoms with Crippen LogP contribution < -0.4 is 19.5 Å². The molecule has 0 saturated carbocycles. The molecule has 31 heavy (non-hydrogen) atoms. The predicted molar refractivity (Wildman–Crippen MR) is 120 cm³/mol. The van der Waals surface area contributed by atoms with Crippen molar-refractivity contribution in [3.05, 3.63) is 59.7 Å². The van der Waals surface area contributed by atoms with E-state index < -0.39 is 6.04 Å². The predicted octanol–water partition coefficient (Wildman–Crippen LogP) is 3.28. The Hall–Kier alpha value is -3.48. The van der Waals surface area contributed by atoms with Gasteiger partial charge < -0.3 is 24.4 Å². The molecule has 0 aliphatic carbocycles. The lowest BCUT2D eigenvalue weighted by Gasteiger charge is -2.25. The molecule has 0 fully saturated rings. The Labute approximate surface area is 183 Å². The summed E-state index contributed by atoms with van der Waals surface area (Å²) in [6, 6.07) is 12.2. The monoisotopic (exact) mass is 426 g/mol. The second kappa shape index (κ2) is 11.6. The number of likely N-dealkylation sites (N-methyl/N-ethyl adjacent to an activating group) is 1. The van der Waals surface area contributed by atoms with E-state index >= 15 is 0 Å². The van der Waals surface area contributed by atoms with Gasteiger partial charge >= 0.3 is 0 Å². The first kappa shape index (κ1) is 23.8. The van der Waals surface area contributed by atoms with Crippen LogP contribution in [-0.4, -0.2) is 50.6 Å². The normalized spacial score (nSPS) is 11.6. The van der Waals surface area contributed by atoms with Gasteiger partial charge in [-0.05, 0) is 55.3 Å². The number of hydrogen-bond acceptors (Lipinski definition) is 5. The molecule has 1 atom stereocenters. The van der Waals surface area contributed by atoms with Crippen LogP contribution in [0.4, 0.5) is 0 Å². The molecule has 166 valence electrons. The number of benzene rings is 2. The molecule has 0 aliphatic heterocycles. The van der Waals surface area contributed by atoms with Gasteiger partial charge in [0.15, 0.2) is 11.5 Å². The standard InChI is InChI=1S/C24H30N2O5/c1-6-26(16-19-9-13-21(30-4)22(15-19)31-5)24(28)17(2)25-23(27)14-10-18-7-11-20(29-3)12-8-18/h7-15,17H,6,16H2,1-5H3,(H,25,27)/b14-10+. The molecule has 2 rings (SSSR count). The number of nitrogens with one attached hydrogen (secondary N) is 1. The molecule has 1 unspecified atom stereocenters. The fourth-order valence-corrected chi connectivity index (χ4v) is 3.03. The van der Waals surface area contributed by atoms with E-state index in [0.29, 0.717) is 24.6 Å². The van der Waals surface area contributed by atoms with E-state index in [1.54, 1.807) is 39.2 Å². The Bertz CT molecular complexity index is 909. The molecule has 0 spiro atoms. The van der Waals surface area contributed by atoms with E-state index in [9.17, 15) is 9.59 Å². The molecule has 0 saturated heterocycles. The Morgan fingerprint density at radius 2 is 1.68 bits per heavy atom. The maximum atomic E-state index is 12.9. The van der Waals surface area contributed by atoms with Gasteiger partial charge in [-0.15, -0.1) is 0 Å². The van der Waals surface area contributed by atoms with Crippen LogP contribution in [0, 0.1) is 0 Å². The van der Waals surface area contributed by atoms with Crippen molar-refractivity contribution in [2.75, 3.05) is 27.9 Å². The number of carbonyl (C=O) groups is 2. The van der Waals surface area contributed by atoms with Crippen LogP contribution in [0.25, 0.3) is 6.08 Å². The lowest BCUT2D eigenvalue weighted by molar-refractivity contribution is -0.135. The Kier molecular flexibility index (Phi) is 8.94. The highest BCUT2D eigenvalue weighted by Crippen LogP contribution is 2.28. The van der Waals surface area contributed by atoms with E-state index in [4.69, 9.17) is 14.2 Å². The number of rotatable bonds is 10. The van der Waals surface area contributed by atoms with Gasteiger partial charge in [-0.2, -0.15) is 0 Å². The quantitative estimate of drug-likeness (QED) is 0.590. The van der Waals surface area contributed by atoms with Crippen molar-refractivity contribution >= 4 is 17.9 Å². The highest BCUT2D eigenvalue weighted by atomic mass is 16.5. The summed E-state index contributed by atoms with van der Waals surface area (Å²) in [4.78, 5) is 26.8. The average molecular weight is 427 g/mol. The molecule has 0 heterocycles. The summed E-state index contributed by atoms with van der Waals surface area (Å²) in [5.74, 6) is 1.48. The van der Waals surface area contributed by atoms with Crippen molar-refractivity contribution in [1.82, 2.24) is 10.2 Å². The first-order valence-corrected chi connectivity index (χ1v) is 10.0. The number of methoxy groups -OCH3 is 3. The minimum absolute atomic E-state index is 0.163. The lowest BCUT2D eigenvalue weighted by atomic mass is 10.1. The maximum Gasteiger partial charge on any atom is 0.245 e. The highest BCUT2D eigenvalue weighted by molar-refractivity contribution is 5.95. The molecule has 0 bridgehead atoms. The first-order chi connectivity index (χ1) is 14.9. The smallest absolute Gasteiger partial charge is 0.245 e. The van der Waals surface area contributed by atoms with Gasteiger partial charge in [-0.25, -0.2) is 0 Å². The Morgan fingerprint density at radius 3 is 2.26 bits per heavy atom. The first-order valence-electron chi connectivity index (χ1n) is 10.0. The zero-order chi connectivity index (χ0) is 22.8. The van der Waals surface area contributed by atoms with Gasteiger partial charge in [-0.3, -0.25) is 9.59 Å². The van der Waals surface area contributed by atoms with Gasteiger partial charge in [0.1, 0.15) is 11.8 Å². The van der Waals surface area contributed by atoms with Gasteiger partial charge in [0.25, 0.3) is 0 Å². The van der Waals surface area contributed by atoms with Crippen LogP contribution >= 0.6 is 0 Å². The van der Waals surface area contributed by atoms with E-state index in [0.717, 1.165) is 16.9 Å².